The van der Waals surface area contributed by atoms with Crippen LogP contribution in [0.25, 0.3) is 0 Å². The Morgan fingerprint density at radius 2 is 1.71 bits per heavy atom. The van der Waals surface area contributed by atoms with Gasteiger partial charge in [0.2, 0.25) is 5.91 Å². The maximum Gasteiger partial charge on any atom is 0.276 e. The van der Waals surface area contributed by atoms with Crippen LogP contribution in [0.1, 0.15) is 11.1 Å². The molecule has 0 atom stereocenters. The molecule has 0 aliphatic carbocycles. The van der Waals surface area contributed by atoms with Crippen molar-refractivity contribution in [2.24, 2.45) is 0 Å². The lowest BCUT2D eigenvalue weighted by molar-refractivity contribution is -0.129. The summed E-state index contributed by atoms with van der Waals surface area (Å²) in [5.41, 5.74) is 5.07. The van der Waals surface area contributed by atoms with Crippen molar-refractivity contribution in [2.45, 2.75) is 6.42 Å². The van der Waals surface area contributed by atoms with E-state index in [1.54, 1.807) is 30.3 Å². The summed E-state index contributed by atoms with van der Waals surface area (Å²) < 4.78 is 18.6. The number of carbonyl (C=O) groups is 2. The first-order chi connectivity index (χ1) is 11.6. The average Bonchev–Trinajstić information content (AvgIpc) is 2.60. The zero-order valence-corrected chi connectivity index (χ0v) is 12.6. The van der Waals surface area contributed by atoms with E-state index < -0.39 is 17.6 Å². The fourth-order valence-corrected chi connectivity index (χ4v) is 1.81. The van der Waals surface area contributed by atoms with Gasteiger partial charge >= 0.3 is 0 Å². The first-order valence-corrected chi connectivity index (χ1v) is 7.02. The number of hydrogen-bond acceptors (Lipinski definition) is 4. The highest BCUT2D eigenvalue weighted by atomic mass is 19.1. The van der Waals surface area contributed by atoms with Gasteiger partial charge in [0.25, 0.3) is 5.91 Å². The van der Waals surface area contributed by atoms with E-state index in [1.165, 1.54) is 18.2 Å². The summed E-state index contributed by atoms with van der Waals surface area (Å²) in [4.78, 5) is 23.2. The quantitative estimate of drug-likeness (QED) is 0.814. The molecule has 2 aromatic rings. The molecule has 0 saturated carbocycles. The second-order valence-electron chi connectivity index (χ2n) is 4.79. The van der Waals surface area contributed by atoms with Crippen LogP contribution in [0.2, 0.25) is 0 Å². The number of nitrogens with one attached hydrogen (secondary N) is 2. The minimum atomic E-state index is -0.568. The molecule has 122 valence electrons. The van der Waals surface area contributed by atoms with Gasteiger partial charge < -0.3 is 4.74 Å². The van der Waals surface area contributed by atoms with Crippen molar-refractivity contribution in [2.75, 3.05) is 6.61 Å². The minimum absolute atomic E-state index is 0.191. The number of carbonyl (C=O) groups excluding carboxylic acids is 2. The van der Waals surface area contributed by atoms with E-state index in [2.05, 4.69) is 10.9 Å². The number of hydrogen-bond donors (Lipinski definition) is 2. The molecule has 2 rings (SSSR count). The lowest BCUT2D eigenvalue weighted by Crippen LogP contribution is -2.44. The number of nitriles is 1. The maximum atomic E-state index is 13.4. The zero-order valence-electron chi connectivity index (χ0n) is 12.6. The Morgan fingerprint density at radius 3 is 2.38 bits per heavy atom. The fourth-order valence-electron chi connectivity index (χ4n) is 1.81. The molecule has 0 radical (unpaired) electrons. The van der Waals surface area contributed by atoms with Crippen LogP contribution in [0.5, 0.6) is 5.75 Å². The highest BCUT2D eigenvalue weighted by molar-refractivity contribution is 5.83. The molecule has 0 heterocycles. The number of halogens is 1. The van der Waals surface area contributed by atoms with Gasteiger partial charge in [0.1, 0.15) is 11.6 Å². The molecule has 2 amide bonds. The topological polar surface area (TPSA) is 91.2 Å². The van der Waals surface area contributed by atoms with Gasteiger partial charge in [-0.3, -0.25) is 20.4 Å². The number of ether oxygens (including phenoxy) is 1. The molecule has 2 N–H and O–H groups in total. The van der Waals surface area contributed by atoms with Crippen LogP contribution in [-0.4, -0.2) is 18.4 Å². The van der Waals surface area contributed by atoms with E-state index in [0.29, 0.717) is 11.3 Å². The van der Waals surface area contributed by atoms with Crippen LogP contribution in [0.3, 0.4) is 0 Å². The molecule has 0 spiro atoms. The van der Waals surface area contributed by atoms with E-state index >= 15 is 0 Å². The normalized spacial score (nSPS) is 9.67. The fraction of sp³-hybridized carbons (Fsp3) is 0.118. The van der Waals surface area contributed by atoms with Crippen LogP contribution in [0.4, 0.5) is 4.39 Å². The maximum absolute atomic E-state index is 13.4. The molecule has 0 aromatic heterocycles. The Kier molecular flexibility index (Phi) is 5.86. The van der Waals surface area contributed by atoms with Gasteiger partial charge in [-0.15, -0.1) is 0 Å². The Balaban J connectivity index is 1.73. The summed E-state index contributed by atoms with van der Waals surface area (Å²) in [5, 5.41) is 8.67. The number of nitrogens with zero attached hydrogens (tertiary/aromatic N) is 1. The van der Waals surface area contributed by atoms with Gasteiger partial charge in [-0.1, -0.05) is 18.2 Å². The van der Waals surface area contributed by atoms with Crippen molar-refractivity contribution < 1.29 is 18.7 Å². The summed E-state index contributed by atoms with van der Waals surface area (Å²) >= 11 is 0. The Hall–Kier alpha value is -3.40. The van der Waals surface area contributed by atoms with Crippen molar-refractivity contribution in [3.63, 3.8) is 0 Å². The Labute approximate surface area is 137 Å². The molecule has 7 heteroatoms. The van der Waals surface area contributed by atoms with E-state index in [0.717, 1.165) is 0 Å². The molecule has 0 fully saturated rings. The van der Waals surface area contributed by atoms with E-state index in [9.17, 15) is 14.0 Å². The second-order valence-corrected chi connectivity index (χ2v) is 4.79. The van der Waals surface area contributed by atoms with Gasteiger partial charge in [0, 0.05) is 0 Å². The summed E-state index contributed by atoms with van der Waals surface area (Å²) in [6, 6.07) is 14.1. The summed E-state index contributed by atoms with van der Waals surface area (Å²) in [5.74, 6) is -1.18. The lowest BCUT2D eigenvalue weighted by atomic mass is 10.1. The van der Waals surface area contributed by atoms with Crippen LogP contribution in [0, 0.1) is 17.1 Å². The smallest absolute Gasteiger partial charge is 0.276 e. The van der Waals surface area contributed by atoms with E-state index in [-0.39, 0.29) is 18.6 Å². The van der Waals surface area contributed by atoms with Crippen LogP contribution in [-0.2, 0) is 16.0 Å². The van der Waals surface area contributed by atoms with Crippen molar-refractivity contribution in [1.29, 1.82) is 5.26 Å². The SMILES string of the molecule is N#Cc1ccc(OCC(=O)NNC(=O)Cc2ccccc2F)cc1. The average molecular weight is 327 g/mol. The molecule has 0 saturated heterocycles. The standard InChI is InChI=1S/C17H14FN3O3/c18-15-4-2-1-3-13(15)9-16(22)20-21-17(23)11-24-14-7-5-12(10-19)6-8-14/h1-8H,9,11H2,(H,20,22)(H,21,23). The van der Waals surface area contributed by atoms with E-state index in [1.807, 2.05) is 6.07 Å². The monoisotopic (exact) mass is 327 g/mol. The molecule has 2 aromatic carbocycles. The van der Waals surface area contributed by atoms with E-state index in [4.69, 9.17) is 10.00 Å². The molecule has 24 heavy (non-hydrogen) atoms. The number of rotatable bonds is 5. The predicted octanol–water partition coefficient (Wildman–Crippen LogP) is 1.47. The van der Waals surface area contributed by atoms with Crippen LogP contribution >= 0.6 is 0 Å². The molecule has 0 bridgehead atoms. The summed E-state index contributed by atoms with van der Waals surface area (Å²) in [6.07, 6.45) is -0.191. The molecular weight excluding hydrogens is 313 g/mol. The number of hydrazine groups is 1. The van der Waals surface area contributed by atoms with Crippen molar-refractivity contribution in [3.05, 3.63) is 65.5 Å². The van der Waals surface area contributed by atoms with Gasteiger partial charge in [-0.05, 0) is 35.9 Å². The van der Waals surface area contributed by atoms with Crippen LogP contribution in [0.15, 0.2) is 48.5 Å². The van der Waals surface area contributed by atoms with Gasteiger partial charge in [0.15, 0.2) is 6.61 Å². The van der Waals surface area contributed by atoms with Crippen molar-refractivity contribution >= 4 is 11.8 Å². The summed E-state index contributed by atoms with van der Waals surface area (Å²) in [6.45, 7) is -0.314. The van der Waals surface area contributed by atoms with Crippen molar-refractivity contribution in [1.82, 2.24) is 10.9 Å². The highest BCUT2D eigenvalue weighted by Crippen LogP contribution is 2.11. The third-order valence-electron chi connectivity index (χ3n) is 3.00. The third-order valence-corrected chi connectivity index (χ3v) is 3.00. The predicted molar refractivity (Wildman–Crippen MR) is 83.0 cm³/mol. The molecule has 0 aliphatic rings. The molecule has 0 aliphatic heterocycles. The largest absolute Gasteiger partial charge is 0.484 e. The first-order valence-electron chi connectivity index (χ1n) is 7.02. The zero-order chi connectivity index (χ0) is 17.4. The third kappa shape index (κ3) is 5.10. The van der Waals surface area contributed by atoms with Gasteiger partial charge in [-0.2, -0.15) is 5.26 Å². The Bertz CT molecular complexity index is 769. The van der Waals surface area contributed by atoms with Gasteiger partial charge in [-0.25, -0.2) is 4.39 Å². The highest BCUT2D eigenvalue weighted by Gasteiger charge is 2.09. The van der Waals surface area contributed by atoms with Crippen LogP contribution < -0.4 is 15.6 Å². The lowest BCUT2D eigenvalue weighted by Gasteiger charge is -2.09. The Morgan fingerprint density at radius 1 is 1.04 bits per heavy atom. The minimum Gasteiger partial charge on any atom is -0.484 e. The number of amides is 2. The summed E-state index contributed by atoms with van der Waals surface area (Å²) in [7, 11) is 0. The second kappa shape index (κ2) is 8.29. The number of benzene rings is 2. The molecular formula is C17H14FN3O3. The first kappa shape index (κ1) is 17.0. The van der Waals surface area contributed by atoms with Gasteiger partial charge in [0.05, 0.1) is 18.1 Å². The molecule has 6 nitrogen and oxygen atoms in total. The van der Waals surface area contributed by atoms with Crippen molar-refractivity contribution in [3.8, 4) is 11.8 Å². The molecule has 0 unspecified atom stereocenters.